The maximum atomic E-state index is 12.8. The average molecular weight is 362 g/mol. The highest BCUT2D eigenvalue weighted by atomic mass is 16.6. The highest BCUT2D eigenvalue weighted by Crippen LogP contribution is 2.15. The van der Waals surface area contributed by atoms with Gasteiger partial charge in [-0.25, -0.2) is 4.79 Å². The number of aromatic nitrogens is 2. The highest BCUT2D eigenvalue weighted by Gasteiger charge is 2.23. The predicted octanol–water partition coefficient (Wildman–Crippen LogP) is 2.49. The van der Waals surface area contributed by atoms with E-state index in [1.54, 1.807) is 65.8 Å². The van der Waals surface area contributed by atoms with Crippen molar-refractivity contribution in [1.82, 2.24) is 9.13 Å². The van der Waals surface area contributed by atoms with Gasteiger partial charge >= 0.3 is 17.6 Å². The molecule has 1 aromatic heterocycles. The van der Waals surface area contributed by atoms with Gasteiger partial charge in [0.25, 0.3) is 0 Å². The molecule has 0 N–H and O–H groups in total. The lowest BCUT2D eigenvalue weighted by atomic mass is 10.2. The minimum Gasteiger partial charge on any atom is -0.459 e. The highest BCUT2D eigenvalue weighted by molar-refractivity contribution is 5.80. The Bertz CT molecular complexity index is 808. The van der Waals surface area contributed by atoms with Crippen molar-refractivity contribution < 1.29 is 19.1 Å². The first-order chi connectivity index (χ1) is 11.9. The average Bonchev–Trinajstić information content (AvgIpc) is 2.69. The first kappa shape index (κ1) is 19.8. The Kier molecular flexibility index (Phi) is 5.30. The molecule has 1 aromatic carbocycles. The molecule has 0 aliphatic heterocycles. The Labute approximate surface area is 152 Å². The Balaban J connectivity index is 2.38. The third-order valence-electron chi connectivity index (χ3n) is 3.34. The summed E-state index contributed by atoms with van der Waals surface area (Å²) in [5.74, 6) is -1.03. The summed E-state index contributed by atoms with van der Waals surface area (Å²) in [6.45, 7) is 10.1. The summed E-state index contributed by atoms with van der Waals surface area (Å²) in [5, 5.41) is 0. The van der Waals surface area contributed by atoms with Crippen LogP contribution in [0.5, 0.6) is 0 Å². The molecular formula is C19H26N2O5. The summed E-state index contributed by atoms with van der Waals surface area (Å²) in [7, 11) is 0. The molecule has 0 radical (unpaired) electrons. The van der Waals surface area contributed by atoms with Gasteiger partial charge in [0, 0.05) is 0 Å². The lowest BCUT2D eigenvalue weighted by Crippen LogP contribution is -2.33. The van der Waals surface area contributed by atoms with E-state index >= 15 is 0 Å². The van der Waals surface area contributed by atoms with Crippen molar-refractivity contribution >= 4 is 23.0 Å². The fourth-order valence-electron chi connectivity index (χ4n) is 2.58. The maximum absolute atomic E-state index is 12.8. The molecule has 0 fully saturated rings. The van der Waals surface area contributed by atoms with Gasteiger partial charge in [-0.1, -0.05) is 12.1 Å². The molecule has 0 amide bonds. The lowest BCUT2D eigenvalue weighted by molar-refractivity contribution is -0.156. The van der Waals surface area contributed by atoms with Gasteiger partial charge in [0.2, 0.25) is 0 Å². The van der Waals surface area contributed by atoms with E-state index in [2.05, 4.69) is 0 Å². The fraction of sp³-hybridized carbons (Fsp3) is 0.526. The molecule has 0 atom stereocenters. The third-order valence-corrected chi connectivity index (χ3v) is 3.34. The molecule has 2 aromatic rings. The molecule has 7 heteroatoms. The van der Waals surface area contributed by atoms with Crippen LogP contribution in [0.1, 0.15) is 41.5 Å². The van der Waals surface area contributed by atoms with Crippen LogP contribution in [0, 0.1) is 0 Å². The Morgan fingerprint density at radius 1 is 0.808 bits per heavy atom. The molecule has 26 heavy (non-hydrogen) atoms. The van der Waals surface area contributed by atoms with Crippen molar-refractivity contribution in [2.75, 3.05) is 0 Å². The Hall–Kier alpha value is -2.57. The number of fused-ring (bicyclic) bond motifs is 1. The number of benzene rings is 1. The number of carbonyl (C=O) groups excluding carboxylic acids is 2. The number of esters is 2. The molecule has 0 bridgehead atoms. The van der Waals surface area contributed by atoms with Gasteiger partial charge in [0.15, 0.2) is 0 Å². The number of nitrogens with zero attached hydrogens (tertiary/aromatic N) is 2. The summed E-state index contributed by atoms with van der Waals surface area (Å²) in [6.07, 6.45) is 0. The van der Waals surface area contributed by atoms with E-state index in [4.69, 9.17) is 9.47 Å². The van der Waals surface area contributed by atoms with E-state index < -0.39 is 28.8 Å². The second kappa shape index (κ2) is 6.97. The smallest absolute Gasteiger partial charge is 0.330 e. The molecule has 2 rings (SSSR count). The van der Waals surface area contributed by atoms with E-state index in [0.717, 1.165) is 0 Å². The number of hydrogen-bond acceptors (Lipinski definition) is 5. The van der Waals surface area contributed by atoms with Crippen LogP contribution in [0.15, 0.2) is 29.1 Å². The van der Waals surface area contributed by atoms with Crippen molar-refractivity contribution in [2.24, 2.45) is 0 Å². The van der Waals surface area contributed by atoms with Gasteiger partial charge in [-0.15, -0.1) is 0 Å². The number of para-hydroxylation sites is 2. The molecule has 0 aliphatic carbocycles. The van der Waals surface area contributed by atoms with E-state index in [-0.39, 0.29) is 13.1 Å². The summed E-state index contributed by atoms with van der Waals surface area (Å²) >= 11 is 0. The zero-order valence-corrected chi connectivity index (χ0v) is 16.2. The second-order valence-corrected chi connectivity index (χ2v) is 8.12. The van der Waals surface area contributed by atoms with Gasteiger partial charge in [0.05, 0.1) is 11.0 Å². The largest absolute Gasteiger partial charge is 0.459 e. The molecular weight excluding hydrogens is 336 g/mol. The topological polar surface area (TPSA) is 79.5 Å². The minimum atomic E-state index is -0.643. The normalized spacial score (nSPS) is 12.2. The molecule has 1 heterocycles. The van der Waals surface area contributed by atoms with Crippen molar-refractivity contribution in [3.8, 4) is 0 Å². The molecule has 0 unspecified atom stereocenters. The van der Waals surface area contributed by atoms with E-state index in [0.29, 0.717) is 11.0 Å². The van der Waals surface area contributed by atoms with Gasteiger partial charge in [-0.3, -0.25) is 18.7 Å². The first-order valence-corrected chi connectivity index (χ1v) is 8.49. The minimum absolute atomic E-state index is 0.224. The van der Waals surface area contributed by atoms with Crippen molar-refractivity contribution in [3.05, 3.63) is 34.7 Å². The molecule has 0 spiro atoms. The van der Waals surface area contributed by atoms with E-state index in [9.17, 15) is 14.4 Å². The van der Waals surface area contributed by atoms with Crippen molar-refractivity contribution in [1.29, 1.82) is 0 Å². The lowest BCUT2D eigenvalue weighted by Gasteiger charge is -2.19. The second-order valence-electron chi connectivity index (χ2n) is 8.12. The number of ether oxygens (including phenoxy) is 2. The summed E-state index contributed by atoms with van der Waals surface area (Å²) in [5.41, 5.74) is -0.618. The summed E-state index contributed by atoms with van der Waals surface area (Å²) in [6, 6.07) is 7.00. The maximum Gasteiger partial charge on any atom is 0.330 e. The van der Waals surface area contributed by atoms with Crippen LogP contribution >= 0.6 is 0 Å². The molecule has 0 aliphatic rings. The van der Waals surface area contributed by atoms with Crippen LogP contribution < -0.4 is 5.69 Å². The monoisotopic (exact) mass is 362 g/mol. The van der Waals surface area contributed by atoms with E-state index in [1.165, 1.54) is 9.13 Å². The molecule has 0 saturated carbocycles. The van der Waals surface area contributed by atoms with Crippen LogP contribution in [-0.2, 0) is 32.2 Å². The SMILES string of the molecule is CC(C)(C)OC(=O)Cn1c(=O)n(CC(=O)OC(C)(C)C)c2ccccc21. The van der Waals surface area contributed by atoms with Crippen LogP contribution in [-0.4, -0.2) is 32.3 Å². The predicted molar refractivity (Wildman–Crippen MR) is 97.9 cm³/mol. The zero-order chi connectivity index (χ0) is 19.7. The van der Waals surface area contributed by atoms with Crippen LogP contribution in [0.25, 0.3) is 11.0 Å². The third kappa shape index (κ3) is 4.97. The van der Waals surface area contributed by atoms with Gasteiger partial charge in [-0.2, -0.15) is 0 Å². The Morgan fingerprint density at radius 3 is 1.46 bits per heavy atom. The fourth-order valence-corrected chi connectivity index (χ4v) is 2.58. The molecule has 142 valence electrons. The number of carbonyl (C=O) groups is 2. The summed E-state index contributed by atoms with van der Waals surface area (Å²) in [4.78, 5) is 37.1. The first-order valence-electron chi connectivity index (χ1n) is 8.49. The molecule has 7 nitrogen and oxygen atoms in total. The van der Waals surface area contributed by atoms with Crippen molar-refractivity contribution in [2.45, 2.75) is 65.8 Å². The van der Waals surface area contributed by atoms with Gasteiger partial charge < -0.3 is 9.47 Å². The summed E-state index contributed by atoms with van der Waals surface area (Å²) < 4.78 is 13.2. The van der Waals surface area contributed by atoms with Crippen molar-refractivity contribution in [3.63, 3.8) is 0 Å². The van der Waals surface area contributed by atoms with Gasteiger partial charge in [-0.05, 0) is 53.7 Å². The number of rotatable bonds is 4. The number of hydrogen-bond donors (Lipinski definition) is 0. The standard InChI is InChI=1S/C19H26N2O5/c1-18(2,3)25-15(22)11-20-13-9-7-8-10-14(13)21(17(20)24)12-16(23)26-19(4,5)6/h7-10H,11-12H2,1-6H3. The van der Waals surface area contributed by atoms with Crippen LogP contribution in [0.2, 0.25) is 0 Å². The van der Waals surface area contributed by atoms with Gasteiger partial charge in [0.1, 0.15) is 24.3 Å². The van der Waals surface area contributed by atoms with Crippen LogP contribution in [0.4, 0.5) is 0 Å². The molecule has 0 saturated heterocycles. The zero-order valence-electron chi connectivity index (χ0n) is 16.2. The van der Waals surface area contributed by atoms with Crippen LogP contribution in [0.3, 0.4) is 0 Å². The number of imidazole rings is 1. The quantitative estimate of drug-likeness (QED) is 0.781. The van der Waals surface area contributed by atoms with E-state index in [1.807, 2.05) is 0 Å². The Morgan fingerprint density at radius 2 is 1.15 bits per heavy atom.